The normalized spacial score (nSPS) is 13.0. The van der Waals surface area contributed by atoms with Crippen molar-refractivity contribution in [2.45, 2.75) is 19.4 Å². The van der Waals surface area contributed by atoms with E-state index in [0.717, 1.165) is 0 Å². The molecule has 0 aliphatic heterocycles. The average Bonchev–Trinajstić information content (AvgIpc) is 2.49. The second kappa shape index (κ2) is 7.83. The summed E-state index contributed by atoms with van der Waals surface area (Å²) in [6, 6.07) is 10.1. The molecule has 0 aliphatic carbocycles. The van der Waals surface area contributed by atoms with Gasteiger partial charge < -0.3 is 0 Å². The van der Waals surface area contributed by atoms with E-state index < -0.39 is 35.9 Å². The molecule has 0 aromatic heterocycles. The fourth-order valence-electron chi connectivity index (χ4n) is 1.80. The van der Waals surface area contributed by atoms with Gasteiger partial charge in [0, 0.05) is 0 Å². The molecule has 3 nitrogen and oxygen atoms in total. The third-order valence-corrected chi connectivity index (χ3v) is 11.8. The summed E-state index contributed by atoms with van der Waals surface area (Å²) in [4.78, 5) is 0. The molecule has 0 spiro atoms. The number of hydrogen-bond donors (Lipinski definition) is 0. The minimum atomic E-state index is -5.71. The zero-order valence-electron chi connectivity index (χ0n) is 12.9. The van der Waals surface area contributed by atoms with Crippen LogP contribution in [0, 0.1) is 21.0 Å². The first-order chi connectivity index (χ1) is 11.4. The molecule has 2 rings (SSSR count). The molecule has 0 saturated carbocycles. The third-order valence-electron chi connectivity index (χ3n) is 3.07. The predicted octanol–water partition coefficient (Wildman–Crippen LogP) is 6.16. The summed E-state index contributed by atoms with van der Waals surface area (Å²) >= 11 is 3.15. The molecule has 2 aromatic rings. The summed E-state index contributed by atoms with van der Waals surface area (Å²) < 4.78 is 69.0. The van der Waals surface area contributed by atoms with Crippen LogP contribution in [0.3, 0.4) is 0 Å². The molecule has 0 fully saturated rings. The van der Waals surface area contributed by atoms with Crippen molar-refractivity contribution in [3.8, 4) is 0 Å². The molecule has 0 radical (unpaired) electrons. The molecule has 25 heavy (non-hydrogen) atoms. The summed E-state index contributed by atoms with van der Waals surface area (Å²) in [5.74, 6) is 0. The van der Waals surface area contributed by atoms with Crippen LogP contribution in [0.1, 0.15) is 11.1 Å². The third kappa shape index (κ3) is 4.96. The van der Waals surface area contributed by atoms with Crippen molar-refractivity contribution in [2.24, 2.45) is 0 Å². The van der Waals surface area contributed by atoms with E-state index in [0.29, 0.717) is 27.2 Å². The van der Waals surface area contributed by atoms with Gasteiger partial charge in [-0.2, -0.15) is 0 Å². The summed E-state index contributed by atoms with van der Waals surface area (Å²) in [6.45, 7) is 3.42. The van der Waals surface area contributed by atoms with Crippen LogP contribution in [0.5, 0.6) is 0 Å². The molecule has 0 unspecified atom stereocenters. The number of benzene rings is 2. The number of aryl methyl sites for hydroxylation is 2. The summed E-state index contributed by atoms with van der Waals surface area (Å²) in [7, 11) is -5.71. The second-order valence-electron chi connectivity index (χ2n) is 5.00. The van der Waals surface area contributed by atoms with Crippen molar-refractivity contribution < 1.29 is 24.1 Å². The number of halogens is 6. The van der Waals surface area contributed by atoms with Crippen LogP contribution >= 0.6 is 52.1 Å². The fraction of sp³-hybridized carbons (Fsp3) is 0.200. The Balaban J connectivity index is 2.68. The van der Waals surface area contributed by atoms with Crippen LogP contribution in [0.4, 0.5) is 13.2 Å². The Morgan fingerprint density at radius 1 is 0.920 bits per heavy atom. The first-order valence-electron chi connectivity index (χ1n) is 6.66. The van der Waals surface area contributed by atoms with Crippen molar-refractivity contribution in [1.82, 2.24) is 0 Å². The molecule has 0 heterocycles. The molecule has 0 atom stereocenters. The summed E-state index contributed by atoms with van der Waals surface area (Å²) in [5, 5.41) is 0. The van der Waals surface area contributed by atoms with Gasteiger partial charge in [-0.15, -0.1) is 0 Å². The Labute approximate surface area is 168 Å². The summed E-state index contributed by atoms with van der Waals surface area (Å²) in [5.41, 5.74) is -4.13. The molecule has 0 amide bonds. The van der Waals surface area contributed by atoms with Gasteiger partial charge >= 0.3 is 169 Å². The van der Waals surface area contributed by atoms with Gasteiger partial charge in [-0.25, -0.2) is 0 Å². The first-order valence-corrected chi connectivity index (χ1v) is 12.7. The monoisotopic (exact) mass is 614 g/mol. The average molecular weight is 616 g/mol. The van der Waals surface area contributed by atoms with Crippen LogP contribution in [-0.4, -0.2) is 13.9 Å². The van der Waals surface area contributed by atoms with E-state index in [-0.39, 0.29) is 0 Å². The van der Waals surface area contributed by atoms with Gasteiger partial charge in [-0.3, -0.25) is 0 Å². The van der Waals surface area contributed by atoms with E-state index in [2.05, 4.69) is 31.9 Å². The quantitative estimate of drug-likeness (QED) is 0.306. The summed E-state index contributed by atoms with van der Waals surface area (Å²) in [6.07, 6.45) is 0. The number of hydrogen-bond acceptors (Lipinski definition) is 3. The molecule has 2 aromatic carbocycles. The van der Waals surface area contributed by atoms with E-state index >= 15 is 0 Å². The molecule has 0 saturated heterocycles. The Morgan fingerprint density at radius 2 is 1.32 bits per heavy atom. The van der Waals surface area contributed by atoms with Gasteiger partial charge in [0.2, 0.25) is 0 Å². The Morgan fingerprint density at radius 3 is 1.68 bits per heavy atom. The molecule has 0 aliphatic rings. The fourth-order valence-corrected chi connectivity index (χ4v) is 10.7. The van der Waals surface area contributed by atoms with Gasteiger partial charge in [0.05, 0.1) is 0 Å². The van der Waals surface area contributed by atoms with Crippen molar-refractivity contribution in [3.05, 3.63) is 63.6 Å². The molecule has 0 bridgehead atoms. The molecule has 10 heteroatoms. The van der Waals surface area contributed by atoms with Crippen LogP contribution in [-0.2, 0) is 12.6 Å². The zero-order chi connectivity index (χ0) is 19.0. The van der Waals surface area contributed by atoms with Gasteiger partial charge in [-0.1, -0.05) is 0 Å². The Kier molecular flexibility index (Phi) is 6.62. The SMILES string of the molecule is Cc1ccc(Br)cc1I(OS(=O)(=O)C(F)(F)F)c1cc(Br)ccc1C. The molecular formula is C15H12Br2F3IO3S. The maximum absolute atomic E-state index is 12.9. The van der Waals surface area contributed by atoms with Crippen molar-refractivity contribution in [2.75, 3.05) is 0 Å². The Bertz CT molecular complexity index is 850. The van der Waals surface area contributed by atoms with E-state index in [1.165, 1.54) is 0 Å². The van der Waals surface area contributed by atoms with Crippen molar-refractivity contribution in [1.29, 1.82) is 0 Å². The molecule has 0 N–H and O–H groups in total. The van der Waals surface area contributed by atoms with Gasteiger partial charge in [0.25, 0.3) is 0 Å². The zero-order valence-corrected chi connectivity index (χ0v) is 19.0. The van der Waals surface area contributed by atoms with Crippen molar-refractivity contribution in [3.63, 3.8) is 0 Å². The predicted molar refractivity (Wildman–Crippen MR) is 105 cm³/mol. The van der Waals surface area contributed by atoms with E-state index in [4.69, 9.17) is 2.51 Å². The molecular weight excluding hydrogens is 604 g/mol. The van der Waals surface area contributed by atoms with Crippen LogP contribution < -0.4 is 0 Å². The first kappa shape index (κ1) is 21.1. The minimum absolute atomic E-state index is 0.479. The van der Waals surface area contributed by atoms with E-state index in [1.807, 2.05) is 0 Å². The van der Waals surface area contributed by atoms with Gasteiger partial charge in [-0.05, 0) is 0 Å². The van der Waals surface area contributed by atoms with Gasteiger partial charge in [0.15, 0.2) is 0 Å². The molecule has 138 valence electrons. The van der Waals surface area contributed by atoms with Crippen LogP contribution in [0.25, 0.3) is 0 Å². The number of alkyl halides is 3. The van der Waals surface area contributed by atoms with Crippen LogP contribution in [0.2, 0.25) is 0 Å². The standard InChI is InChI=1S/C15H12Br2F3IO3S/c1-9-3-5-11(16)7-13(9)21(24-25(22,23)15(18,19)20)14-8-12(17)6-4-10(14)2/h3-8H,1-2H3. The maximum atomic E-state index is 12.9. The van der Waals surface area contributed by atoms with E-state index in [9.17, 15) is 21.6 Å². The van der Waals surface area contributed by atoms with Gasteiger partial charge in [0.1, 0.15) is 0 Å². The van der Waals surface area contributed by atoms with E-state index in [1.54, 1.807) is 50.2 Å². The second-order valence-corrected chi connectivity index (χ2v) is 13.2. The van der Waals surface area contributed by atoms with Crippen molar-refractivity contribution >= 4 is 62.2 Å². The Hall–Kier alpha value is -0.170. The number of rotatable bonds is 4. The van der Waals surface area contributed by atoms with Crippen LogP contribution in [0.15, 0.2) is 45.3 Å². The topological polar surface area (TPSA) is 43.4 Å².